The molecule has 3 N–H and O–H groups in total. The SMILES string of the molecule is CC(N)CC(=O)NC(c1nc(-c2cccnc2)no1)C(C)C.Cl.Cl. The molecule has 0 radical (unpaired) electrons. The van der Waals surface area contributed by atoms with E-state index >= 15 is 0 Å². The van der Waals surface area contributed by atoms with Crippen LogP contribution in [-0.4, -0.2) is 27.1 Å². The molecular weight excluding hydrogens is 353 g/mol. The summed E-state index contributed by atoms with van der Waals surface area (Å²) < 4.78 is 5.31. The fourth-order valence-corrected chi connectivity index (χ4v) is 2.01. The highest BCUT2D eigenvalue weighted by Crippen LogP contribution is 2.23. The predicted molar refractivity (Wildman–Crippen MR) is 96.0 cm³/mol. The lowest BCUT2D eigenvalue weighted by Gasteiger charge is -2.19. The van der Waals surface area contributed by atoms with Crippen molar-refractivity contribution in [1.29, 1.82) is 0 Å². The Kier molecular flexibility index (Phi) is 9.50. The topological polar surface area (TPSA) is 107 Å². The average Bonchev–Trinajstić information content (AvgIpc) is 2.94. The summed E-state index contributed by atoms with van der Waals surface area (Å²) in [6.45, 7) is 5.74. The number of carbonyl (C=O) groups is 1. The van der Waals surface area contributed by atoms with Gasteiger partial charge >= 0.3 is 0 Å². The second kappa shape index (κ2) is 10.2. The van der Waals surface area contributed by atoms with E-state index < -0.39 is 0 Å². The van der Waals surface area contributed by atoms with E-state index in [1.165, 1.54) is 0 Å². The normalized spacial score (nSPS) is 12.7. The lowest BCUT2D eigenvalue weighted by Crippen LogP contribution is -2.35. The molecule has 0 spiro atoms. The van der Waals surface area contributed by atoms with Crippen molar-refractivity contribution in [2.45, 2.75) is 39.3 Å². The average molecular weight is 376 g/mol. The van der Waals surface area contributed by atoms with E-state index in [0.29, 0.717) is 11.7 Å². The molecule has 2 aromatic heterocycles. The van der Waals surface area contributed by atoms with Crippen LogP contribution in [0.2, 0.25) is 0 Å². The van der Waals surface area contributed by atoms with Crippen LogP contribution < -0.4 is 11.1 Å². The minimum Gasteiger partial charge on any atom is -0.344 e. The van der Waals surface area contributed by atoms with E-state index in [0.717, 1.165) is 5.56 Å². The van der Waals surface area contributed by atoms with E-state index in [9.17, 15) is 4.79 Å². The second-order valence-electron chi connectivity index (χ2n) is 5.67. The van der Waals surface area contributed by atoms with Crippen LogP contribution in [0.3, 0.4) is 0 Å². The lowest BCUT2D eigenvalue weighted by atomic mass is 10.0. The Morgan fingerprint density at radius 1 is 1.33 bits per heavy atom. The van der Waals surface area contributed by atoms with Crippen molar-refractivity contribution in [1.82, 2.24) is 20.4 Å². The minimum absolute atomic E-state index is 0. The van der Waals surface area contributed by atoms with Gasteiger partial charge in [-0.3, -0.25) is 9.78 Å². The molecule has 0 saturated carbocycles. The summed E-state index contributed by atoms with van der Waals surface area (Å²) in [7, 11) is 0. The van der Waals surface area contributed by atoms with Gasteiger partial charge in [0.2, 0.25) is 17.6 Å². The number of nitrogens with one attached hydrogen (secondary N) is 1. The maximum atomic E-state index is 11.9. The third kappa shape index (κ3) is 6.07. The summed E-state index contributed by atoms with van der Waals surface area (Å²) >= 11 is 0. The van der Waals surface area contributed by atoms with Gasteiger partial charge in [-0.1, -0.05) is 19.0 Å². The molecule has 0 bridgehead atoms. The molecule has 9 heteroatoms. The molecule has 2 aromatic rings. The quantitative estimate of drug-likeness (QED) is 0.802. The van der Waals surface area contributed by atoms with Crippen LogP contribution in [0.1, 0.15) is 39.1 Å². The standard InChI is InChI=1S/C15H21N5O2.2ClH/c1-9(2)13(18-12(21)7-10(3)16)15-19-14(20-22-15)11-5-4-6-17-8-11;;/h4-6,8-10,13H,7,16H2,1-3H3,(H,18,21);2*1H. The molecule has 2 rings (SSSR count). The highest BCUT2D eigenvalue weighted by atomic mass is 35.5. The minimum atomic E-state index is -0.343. The Morgan fingerprint density at radius 2 is 2.04 bits per heavy atom. The van der Waals surface area contributed by atoms with Crippen molar-refractivity contribution < 1.29 is 9.32 Å². The number of hydrogen-bond donors (Lipinski definition) is 2. The molecule has 0 fully saturated rings. The fourth-order valence-electron chi connectivity index (χ4n) is 2.01. The number of rotatable bonds is 6. The molecule has 2 heterocycles. The van der Waals surface area contributed by atoms with Crippen molar-refractivity contribution in [2.75, 3.05) is 0 Å². The molecule has 0 aliphatic carbocycles. The van der Waals surface area contributed by atoms with Gasteiger partial charge in [0.25, 0.3) is 0 Å². The van der Waals surface area contributed by atoms with Gasteiger partial charge in [-0.25, -0.2) is 0 Å². The van der Waals surface area contributed by atoms with Crippen LogP contribution in [0.15, 0.2) is 29.0 Å². The summed E-state index contributed by atoms with van der Waals surface area (Å²) in [4.78, 5) is 20.3. The number of halogens is 2. The molecule has 1 amide bonds. The zero-order chi connectivity index (χ0) is 16.1. The number of amides is 1. The van der Waals surface area contributed by atoms with Crippen molar-refractivity contribution in [3.05, 3.63) is 30.4 Å². The monoisotopic (exact) mass is 375 g/mol. The molecule has 7 nitrogen and oxygen atoms in total. The van der Waals surface area contributed by atoms with E-state index in [1.807, 2.05) is 19.9 Å². The Labute approximate surface area is 153 Å². The first-order chi connectivity index (χ1) is 10.5. The smallest absolute Gasteiger partial charge is 0.249 e. The number of pyridine rings is 1. The third-order valence-electron chi connectivity index (χ3n) is 3.12. The molecule has 0 aliphatic heterocycles. The maximum absolute atomic E-state index is 11.9. The Bertz CT molecular complexity index is 619. The van der Waals surface area contributed by atoms with E-state index in [2.05, 4.69) is 20.4 Å². The molecule has 0 aromatic carbocycles. The predicted octanol–water partition coefficient (Wildman–Crippen LogP) is 2.53. The lowest BCUT2D eigenvalue weighted by molar-refractivity contribution is -0.122. The van der Waals surface area contributed by atoms with Gasteiger partial charge in [0.1, 0.15) is 6.04 Å². The summed E-state index contributed by atoms with van der Waals surface area (Å²) in [6, 6.07) is 3.11. The molecule has 24 heavy (non-hydrogen) atoms. The van der Waals surface area contributed by atoms with Crippen LogP contribution in [0.4, 0.5) is 0 Å². The van der Waals surface area contributed by atoms with Gasteiger partial charge in [-0.15, -0.1) is 24.8 Å². The van der Waals surface area contributed by atoms with E-state index in [4.69, 9.17) is 10.3 Å². The molecule has 0 saturated heterocycles. The zero-order valence-corrected chi connectivity index (χ0v) is 15.4. The van der Waals surface area contributed by atoms with Gasteiger partial charge in [0.05, 0.1) is 0 Å². The molecule has 2 unspecified atom stereocenters. The summed E-state index contributed by atoms with van der Waals surface area (Å²) in [5.41, 5.74) is 6.41. The number of aromatic nitrogens is 3. The van der Waals surface area contributed by atoms with Crippen molar-refractivity contribution in [3.8, 4) is 11.4 Å². The van der Waals surface area contributed by atoms with Gasteiger partial charge < -0.3 is 15.6 Å². The maximum Gasteiger partial charge on any atom is 0.249 e. The van der Waals surface area contributed by atoms with Gasteiger partial charge in [-0.05, 0) is 25.0 Å². The van der Waals surface area contributed by atoms with Crippen LogP contribution in [0, 0.1) is 5.92 Å². The number of nitrogens with two attached hydrogens (primary N) is 1. The van der Waals surface area contributed by atoms with Gasteiger partial charge in [0.15, 0.2) is 0 Å². The third-order valence-corrected chi connectivity index (χ3v) is 3.12. The van der Waals surface area contributed by atoms with E-state index in [-0.39, 0.29) is 55.1 Å². The first-order valence-corrected chi connectivity index (χ1v) is 7.26. The Morgan fingerprint density at radius 3 is 2.58 bits per heavy atom. The van der Waals surface area contributed by atoms with Gasteiger partial charge in [0, 0.05) is 30.4 Å². The van der Waals surface area contributed by atoms with E-state index in [1.54, 1.807) is 25.4 Å². The highest BCUT2D eigenvalue weighted by Gasteiger charge is 2.25. The molecule has 134 valence electrons. The van der Waals surface area contributed by atoms with Gasteiger partial charge in [-0.2, -0.15) is 4.98 Å². The largest absolute Gasteiger partial charge is 0.344 e. The molecule has 2 atom stereocenters. The summed E-state index contributed by atoms with van der Waals surface area (Å²) in [5, 5.41) is 6.85. The molecular formula is C15H23Cl2N5O2. The van der Waals surface area contributed by atoms with Crippen LogP contribution in [0.25, 0.3) is 11.4 Å². The first kappa shape index (κ1) is 22.3. The fraction of sp³-hybridized carbons (Fsp3) is 0.467. The van der Waals surface area contributed by atoms with Crippen molar-refractivity contribution in [3.63, 3.8) is 0 Å². The van der Waals surface area contributed by atoms with Crippen LogP contribution in [0.5, 0.6) is 0 Å². The highest BCUT2D eigenvalue weighted by molar-refractivity contribution is 5.85. The number of hydrogen-bond acceptors (Lipinski definition) is 6. The zero-order valence-electron chi connectivity index (χ0n) is 13.8. The number of carbonyl (C=O) groups excluding carboxylic acids is 1. The second-order valence-corrected chi connectivity index (χ2v) is 5.67. The first-order valence-electron chi connectivity index (χ1n) is 7.26. The molecule has 0 aliphatic rings. The van der Waals surface area contributed by atoms with Crippen molar-refractivity contribution in [2.24, 2.45) is 11.7 Å². The van der Waals surface area contributed by atoms with Crippen LogP contribution in [-0.2, 0) is 4.79 Å². The summed E-state index contributed by atoms with van der Waals surface area (Å²) in [5.74, 6) is 0.816. The Balaban J connectivity index is 0.00000264. The van der Waals surface area contributed by atoms with Crippen molar-refractivity contribution >= 4 is 30.7 Å². The van der Waals surface area contributed by atoms with Crippen LogP contribution >= 0.6 is 24.8 Å². The Hall–Kier alpha value is -1.70. The number of nitrogens with zero attached hydrogens (tertiary/aromatic N) is 3. The summed E-state index contributed by atoms with van der Waals surface area (Å²) in [6.07, 6.45) is 3.59.